The van der Waals surface area contributed by atoms with E-state index in [1.165, 1.54) is 0 Å². The van der Waals surface area contributed by atoms with Crippen LogP contribution in [0.2, 0.25) is 0 Å². The Bertz CT molecular complexity index is 475. The molecule has 0 saturated carbocycles. The number of carbonyl (C=O) groups excluding carboxylic acids is 2. The Morgan fingerprint density at radius 1 is 1.25 bits per heavy atom. The molecule has 1 aliphatic rings. The molecule has 1 aromatic rings. The molecular formula is C14H22N4O2. The largest absolute Gasteiger partial charge is 0.339 e. The number of hydrogen-bond acceptors (Lipinski definition) is 3. The van der Waals surface area contributed by atoms with E-state index in [4.69, 9.17) is 0 Å². The predicted molar refractivity (Wildman–Crippen MR) is 75.3 cm³/mol. The van der Waals surface area contributed by atoms with Gasteiger partial charge in [0.1, 0.15) is 5.69 Å². The van der Waals surface area contributed by atoms with Crippen LogP contribution in [0.4, 0.5) is 0 Å². The van der Waals surface area contributed by atoms with E-state index in [0.29, 0.717) is 38.3 Å². The van der Waals surface area contributed by atoms with Crippen LogP contribution in [0.3, 0.4) is 0 Å². The minimum absolute atomic E-state index is 0.0602. The number of aromatic amines is 1. The minimum atomic E-state index is -0.0602. The first-order valence-electron chi connectivity index (χ1n) is 7.21. The van der Waals surface area contributed by atoms with Crippen molar-refractivity contribution < 1.29 is 9.59 Å². The Kier molecular flexibility index (Phi) is 4.76. The van der Waals surface area contributed by atoms with E-state index in [9.17, 15) is 9.59 Å². The van der Waals surface area contributed by atoms with Crippen molar-refractivity contribution in [2.24, 2.45) is 0 Å². The van der Waals surface area contributed by atoms with Crippen molar-refractivity contribution in [3.05, 3.63) is 17.5 Å². The molecule has 0 radical (unpaired) electrons. The molecule has 0 aromatic carbocycles. The Hall–Kier alpha value is -1.85. The number of nitrogens with one attached hydrogen (secondary N) is 1. The molecule has 2 rings (SSSR count). The summed E-state index contributed by atoms with van der Waals surface area (Å²) in [4.78, 5) is 27.7. The first-order chi connectivity index (χ1) is 9.61. The van der Waals surface area contributed by atoms with E-state index < -0.39 is 0 Å². The molecular weight excluding hydrogens is 256 g/mol. The number of piperazine rings is 1. The van der Waals surface area contributed by atoms with Crippen LogP contribution in [0, 0.1) is 6.92 Å². The number of nitrogens with zero attached hydrogens (tertiary/aromatic N) is 3. The molecule has 0 unspecified atom stereocenters. The summed E-state index contributed by atoms with van der Waals surface area (Å²) in [5.41, 5.74) is 1.33. The number of aromatic nitrogens is 2. The minimum Gasteiger partial charge on any atom is -0.339 e. The Morgan fingerprint density at radius 3 is 2.45 bits per heavy atom. The number of hydrogen-bond donors (Lipinski definition) is 1. The summed E-state index contributed by atoms with van der Waals surface area (Å²) < 4.78 is 0. The topological polar surface area (TPSA) is 69.3 Å². The molecule has 1 fully saturated rings. The third-order valence-electron chi connectivity index (χ3n) is 3.59. The van der Waals surface area contributed by atoms with Crippen LogP contribution in [0.25, 0.3) is 0 Å². The number of amides is 2. The monoisotopic (exact) mass is 278 g/mol. The molecule has 0 spiro atoms. The van der Waals surface area contributed by atoms with E-state index in [2.05, 4.69) is 17.1 Å². The molecule has 0 bridgehead atoms. The molecule has 0 atom stereocenters. The maximum atomic E-state index is 12.2. The van der Waals surface area contributed by atoms with E-state index in [1.54, 1.807) is 11.0 Å². The van der Waals surface area contributed by atoms with Crippen LogP contribution >= 0.6 is 0 Å². The van der Waals surface area contributed by atoms with Crippen molar-refractivity contribution in [1.29, 1.82) is 0 Å². The third-order valence-corrected chi connectivity index (χ3v) is 3.59. The highest BCUT2D eigenvalue weighted by Gasteiger charge is 2.25. The summed E-state index contributed by atoms with van der Waals surface area (Å²) in [6.07, 6.45) is 2.58. The Morgan fingerprint density at radius 2 is 1.90 bits per heavy atom. The molecule has 1 saturated heterocycles. The zero-order valence-electron chi connectivity index (χ0n) is 12.2. The van der Waals surface area contributed by atoms with Crippen LogP contribution in [0.15, 0.2) is 6.07 Å². The first-order valence-corrected chi connectivity index (χ1v) is 7.21. The lowest BCUT2D eigenvalue weighted by atomic mass is 10.2. The smallest absolute Gasteiger partial charge is 0.274 e. The molecule has 1 aliphatic heterocycles. The van der Waals surface area contributed by atoms with Gasteiger partial charge < -0.3 is 9.80 Å². The average molecular weight is 278 g/mol. The van der Waals surface area contributed by atoms with Gasteiger partial charge in [-0.15, -0.1) is 0 Å². The SMILES string of the molecule is CCCCC(=O)N1CCN(C(=O)c2cc(C)[nH]n2)CC1. The van der Waals surface area contributed by atoms with Crippen LogP contribution in [-0.2, 0) is 4.79 Å². The maximum Gasteiger partial charge on any atom is 0.274 e. The first kappa shape index (κ1) is 14.6. The van der Waals surface area contributed by atoms with Gasteiger partial charge in [0.25, 0.3) is 5.91 Å². The fourth-order valence-electron chi connectivity index (χ4n) is 2.33. The lowest BCUT2D eigenvalue weighted by Gasteiger charge is -2.34. The van der Waals surface area contributed by atoms with Gasteiger partial charge in [-0.2, -0.15) is 5.10 Å². The number of unbranched alkanes of at least 4 members (excludes halogenated alkanes) is 1. The van der Waals surface area contributed by atoms with Crippen molar-refractivity contribution >= 4 is 11.8 Å². The molecule has 2 heterocycles. The summed E-state index contributed by atoms with van der Waals surface area (Å²) in [7, 11) is 0. The van der Waals surface area contributed by atoms with Gasteiger partial charge >= 0.3 is 0 Å². The average Bonchev–Trinajstić information content (AvgIpc) is 2.90. The molecule has 110 valence electrons. The molecule has 0 aliphatic carbocycles. The lowest BCUT2D eigenvalue weighted by Crippen LogP contribution is -2.50. The number of carbonyl (C=O) groups is 2. The summed E-state index contributed by atoms with van der Waals surface area (Å²) >= 11 is 0. The number of aryl methyl sites for hydroxylation is 1. The lowest BCUT2D eigenvalue weighted by molar-refractivity contribution is -0.132. The third kappa shape index (κ3) is 3.37. The summed E-state index contributed by atoms with van der Waals surface area (Å²) in [5.74, 6) is 0.143. The molecule has 6 nitrogen and oxygen atoms in total. The fourth-order valence-corrected chi connectivity index (χ4v) is 2.33. The summed E-state index contributed by atoms with van der Waals surface area (Å²) in [6.45, 7) is 6.37. The standard InChI is InChI=1S/C14H22N4O2/c1-3-4-5-13(19)17-6-8-18(9-7-17)14(20)12-10-11(2)15-16-12/h10H,3-9H2,1-2H3,(H,15,16). The molecule has 1 N–H and O–H groups in total. The van der Waals surface area contributed by atoms with Crippen LogP contribution in [-0.4, -0.2) is 58.0 Å². The van der Waals surface area contributed by atoms with E-state index in [1.807, 2.05) is 11.8 Å². The van der Waals surface area contributed by atoms with Crippen LogP contribution in [0.1, 0.15) is 42.4 Å². The fraction of sp³-hybridized carbons (Fsp3) is 0.643. The van der Waals surface area contributed by atoms with Crippen molar-refractivity contribution in [3.8, 4) is 0 Å². The van der Waals surface area contributed by atoms with Gasteiger partial charge in [-0.3, -0.25) is 14.7 Å². The van der Waals surface area contributed by atoms with Crippen molar-refractivity contribution in [2.75, 3.05) is 26.2 Å². The second-order valence-corrected chi connectivity index (χ2v) is 5.21. The molecule has 6 heteroatoms. The van der Waals surface area contributed by atoms with E-state index in [-0.39, 0.29) is 11.8 Å². The predicted octanol–water partition coefficient (Wildman–Crippen LogP) is 1.19. The molecule has 20 heavy (non-hydrogen) atoms. The van der Waals surface area contributed by atoms with Gasteiger partial charge in [0.15, 0.2) is 0 Å². The Labute approximate surface area is 119 Å². The normalized spacial score (nSPS) is 15.5. The molecule has 2 amide bonds. The number of H-pyrrole nitrogens is 1. The van der Waals surface area contributed by atoms with Crippen LogP contribution in [0.5, 0.6) is 0 Å². The quantitative estimate of drug-likeness (QED) is 0.899. The van der Waals surface area contributed by atoms with E-state index >= 15 is 0 Å². The highest BCUT2D eigenvalue weighted by molar-refractivity contribution is 5.92. The highest BCUT2D eigenvalue weighted by atomic mass is 16.2. The Balaban J connectivity index is 1.85. The van der Waals surface area contributed by atoms with Gasteiger partial charge in [0.2, 0.25) is 5.91 Å². The van der Waals surface area contributed by atoms with Crippen molar-refractivity contribution in [3.63, 3.8) is 0 Å². The second kappa shape index (κ2) is 6.54. The van der Waals surface area contributed by atoms with Crippen molar-refractivity contribution in [2.45, 2.75) is 33.1 Å². The zero-order valence-corrected chi connectivity index (χ0v) is 12.2. The van der Waals surface area contributed by atoms with Gasteiger partial charge in [0.05, 0.1) is 0 Å². The van der Waals surface area contributed by atoms with Crippen molar-refractivity contribution in [1.82, 2.24) is 20.0 Å². The van der Waals surface area contributed by atoms with Gasteiger partial charge in [0, 0.05) is 38.3 Å². The van der Waals surface area contributed by atoms with Gasteiger partial charge in [-0.05, 0) is 19.4 Å². The number of rotatable bonds is 4. The maximum absolute atomic E-state index is 12.2. The highest BCUT2D eigenvalue weighted by Crippen LogP contribution is 2.10. The zero-order chi connectivity index (χ0) is 14.5. The van der Waals surface area contributed by atoms with Gasteiger partial charge in [-0.25, -0.2) is 0 Å². The van der Waals surface area contributed by atoms with Gasteiger partial charge in [-0.1, -0.05) is 13.3 Å². The summed E-state index contributed by atoms with van der Waals surface area (Å²) in [5, 5.41) is 6.77. The van der Waals surface area contributed by atoms with Crippen LogP contribution < -0.4 is 0 Å². The summed E-state index contributed by atoms with van der Waals surface area (Å²) in [6, 6.07) is 1.75. The van der Waals surface area contributed by atoms with E-state index in [0.717, 1.165) is 18.5 Å². The molecule has 1 aromatic heterocycles. The second-order valence-electron chi connectivity index (χ2n) is 5.21.